The lowest BCUT2D eigenvalue weighted by atomic mass is 9.78. The van der Waals surface area contributed by atoms with E-state index >= 15 is 0 Å². The zero-order chi connectivity index (χ0) is 11.1. The largest absolute Gasteiger partial charge is 0.481 e. The first-order chi connectivity index (χ1) is 7.75. The summed E-state index contributed by atoms with van der Waals surface area (Å²) in [6.45, 7) is 2.50. The van der Waals surface area contributed by atoms with E-state index in [9.17, 15) is 4.79 Å². The molecule has 2 unspecified atom stereocenters. The number of aromatic nitrogens is 3. The molecule has 3 rings (SSSR count). The van der Waals surface area contributed by atoms with E-state index in [-0.39, 0.29) is 12.0 Å². The van der Waals surface area contributed by atoms with Gasteiger partial charge in [-0.05, 0) is 12.8 Å². The quantitative estimate of drug-likeness (QED) is 0.760. The van der Waals surface area contributed by atoms with Gasteiger partial charge in [0.1, 0.15) is 12.2 Å². The van der Waals surface area contributed by atoms with Gasteiger partial charge in [-0.15, -0.1) is 10.2 Å². The number of rotatable bonds is 2. The lowest BCUT2D eigenvalue weighted by Crippen LogP contribution is -2.52. The lowest BCUT2D eigenvalue weighted by Gasteiger charge is -2.43. The third-order valence-electron chi connectivity index (χ3n) is 3.69. The SMILES string of the molecule is O=C(O)C1CCC1N1CCn2cnnc2C1. The highest BCUT2D eigenvalue weighted by Gasteiger charge is 2.41. The van der Waals surface area contributed by atoms with Gasteiger partial charge in [-0.2, -0.15) is 0 Å². The standard InChI is InChI=1S/C10H14N4O2/c15-10(16)7-1-2-8(7)13-3-4-14-6-11-12-9(14)5-13/h6-8H,1-5H2,(H,15,16). The van der Waals surface area contributed by atoms with Gasteiger partial charge in [0.25, 0.3) is 0 Å². The van der Waals surface area contributed by atoms with Gasteiger partial charge in [0.05, 0.1) is 12.5 Å². The smallest absolute Gasteiger partial charge is 0.308 e. The van der Waals surface area contributed by atoms with E-state index in [1.54, 1.807) is 6.33 Å². The first-order valence-electron chi connectivity index (χ1n) is 5.59. The van der Waals surface area contributed by atoms with Crippen molar-refractivity contribution in [1.82, 2.24) is 19.7 Å². The Morgan fingerprint density at radius 1 is 1.44 bits per heavy atom. The van der Waals surface area contributed by atoms with E-state index in [0.29, 0.717) is 0 Å². The predicted octanol–water partition coefficient (Wildman–Crippen LogP) is -0.0431. The Labute approximate surface area is 92.9 Å². The Morgan fingerprint density at radius 3 is 3.00 bits per heavy atom. The third-order valence-corrected chi connectivity index (χ3v) is 3.69. The van der Waals surface area contributed by atoms with Crippen LogP contribution in [0.3, 0.4) is 0 Å². The Hall–Kier alpha value is -1.43. The van der Waals surface area contributed by atoms with Crippen LogP contribution in [0.15, 0.2) is 6.33 Å². The molecule has 0 spiro atoms. The first kappa shape index (κ1) is 9.77. The van der Waals surface area contributed by atoms with E-state index in [1.165, 1.54) is 0 Å². The molecule has 0 amide bonds. The molecule has 0 aromatic carbocycles. The molecule has 6 nitrogen and oxygen atoms in total. The Bertz CT molecular complexity index is 417. The van der Waals surface area contributed by atoms with Crippen LogP contribution in [0.4, 0.5) is 0 Å². The predicted molar refractivity (Wildman–Crippen MR) is 54.6 cm³/mol. The summed E-state index contributed by atoms with van der Waals surface area (Å²) in [5.74, 6) is 0.0973. The highest BCUT2D eigenvalue weighted by molar-refractivity contribution is 5.72. The molecule has 0 bridgehead atoms. The van der Waals surface area contributed by atoms with Crippen molar-refractivity contribution in [3.8, 4) is 0 Å². The zero-order valence-corrected chi connectivity index (χ0v) is 8.91. The van der Waals surface area contributed by atoms with Gasteiger partial charge in [0.15, 0.2) is 0 Å². The van der Waals surface area contributed by atoms with Gasteiger partial charge in [0, 0.05) is 19.1 Å². The number of carbonyl (C=O) groups is 1. The summed E-state index contributed by atoms with van der Waals surface area (Å²) in [5, 5.41) is 16.9. The Kier molecular flexibility index (Phi) is 2.17. The lowest BCUT2D eigenvalue weighted by molar-refractivity contribution is -0.149. The molecular weight excluding hydrogens is 208 g/mol. The van der Waals surface area contributed by atoms with Crippen LogP contribution in [0.1, 0.15) is 18.7 Å². The maximum atomic E-state index is 11.0. The van der Waals surface area contributed by atoms with Crippen LogP contribution in [0.2, 0.25) is 0 Å². The van der Waals surface area contributed by atoms with Gasteiger partial charge in [-0.25, -0.2) is 0 Å². The minimum atomic E-state index is -0.664. The summed E-state index contributed by atoms with van der Waals surface area (Å²) in [7, 11) is 0. The molecule has 1 fully saturated rings. The fourth-order valence-electron chi connectivity index (χ4n) is 2.58. The van der Waals surface area contributed by atoms with Crippen LogP contribution in [0.5, 0.6) is 0 Å². The highest BCUT2D eigenvalue weighted by Crippen LogP contribution is 2.33. The number of nitrogens with zero attached hydrogens (tertiary/aromatic N) is 4. The van der Waals surface area contributed by atoms with Gasteiger partial charge >= 0.3 is 5.97 Å². The van der Waals surface area contributed by atoms with Crippen molar-refractivity contribution < 1.29 is 9.90 Å². The molecule has 16 heavy (non-hydrogen) atoms. The van der Waals surface area contributed by atoms with E-state index in [1.807, 2.05) is 4.57 Å². The topological polar surface area (TPSA) is 71.2 Å². The number of hydrogen-bond donors (Lipinski definition) is 1. The van der Waals surface area contributed by atoms with Gasteiger partial charge in [-0.3, -0.25) is 9.69 Å². The molecule has 0 saturated heterocycles. The van der Waals surface area contributed by atoms with Crippen LogP contribution < -0.4 is 0 Å². The molecule has 86 valence electrons. The summed E-state index contributed by atoms with van der Waals surface area (Å²) >= 11 is 0. The van der Waals surface area contributed by atoms with Gasteiger partial charge in [0.2, 0.25) is 0 Å². The van der Waals surface area contributed by atoms with Crippen LogP contribution in [-0.2, 0) is 17.9 Å². The van der Waals surface area contributed by atoms with Crippen molar-refractivity contribution in [2.75, 3.05) is 6.54 Å². The number of carboxylic acid groups (broad SMARTS) is 1. The summed E-state index contributed by atoms with van der Waals surface area (Å²) in [5.41, 5.74) is 0. The maximum absolute atomic E-state index is 11.0. The number of fused-ring (bicyclic) bond motifs is 1. The van der Waals surface area contributed by atoms with E-state index in [4.69, 9.17) is 5.11 Å². The molecule has 2 heterocycles. The van der Waals surface area contributed by atoms with Crippen molar-refractivity contribution in [2.24, 2.45) is 5.92 Å². The van der Waals surface area contributed by atoms with E-state index < -0.39 is 5.97 Å². The molecule has 6 heteroatoms. The minimum Gasteiger partial charge on any atom is -0.481 e. The highest BCUT2D eigenvalue weighted by atomic mass is 16.4. The van der Waals surface area contributed by atoms with Crippen LogP contribution in [0, 0.1) is 5.92 Å². The molecule has 0 radical (unpaired) electrons. The average Bonchev–Trinajstić information content (AvgIpc) is 2.61. The zero-order valence-electron chi connectivity index (χ0n) is 8.91. The van der Waals surface area contributed by atoms with E-state index in [0.717, 1.165) is 38.3 Å². The number of carboxylic acids is 1. The van der Waals surface area contributed by atoms with Crippen LogP contribution in [0.25, 0.3) is 0 Å². The molecule has 1 aliphatic carbocycles. The van der Waals surface area contributed by atoms with Crippen LogP contribution >= 0.6 is 0 Å². The second-order valence-electron chi connectivity index (χ2n) is 4.50. The first-order valence-corrected chi connectivity index (χ1v) is 5.59. The van der Waals surface area contributed by atoms with Crippen molar-refractivity contribution in [3.63, 3.8) is 0 Å². The molecular formula is C10H14N4O2. The Morgan fingerprint density at radius 2 is 2.31 bits per heavy atom. The summed E-state index contributed by atoms with van der Waals surface area (Å²) < 4.78 is 2.03. The second-order valence-corrected chi connectivity index (χ2v) is 4.50. The third kappa shape index (κ3) is 1.41. The normalized spacial score (nSPS) is 29.5. The molecule has 2 aliphatic rings. The molecule has 2 atom stereocenters. The molecule has 1 aromatic rings. The van der Waals surface area contributed by atoms with Gasteiger partial charge in [-0.1, -0.05) is 0 Å². The Balaban J connectivity index is 1.72. The summed E-state index contributed by atoms with van der Waals surface area (Å²) in [6.07, 6.45) is 3.54. The fraction of sp³-hybridized carbons (Fsp3) is 0.700. The number of aliphatic carboxylic acids is 1. The maximum Gasteiger partial charge on any atom is 0.308 e. The van der Waals surface area contributed by atoms with Crippen molar-refractivity contribution in [2.45, 2.75) is 32.0 Å². The monoisotopic (exact) mass is 222 g/mol. The van der Waals surface area contributed by atoms with Crippen molar-refractivity contribution >= 4 is 5.97 Å². The van der Waals surface area contributed by atoms with Crippen LogP contribution in [-0.4, -0.2) is 43.3 Å². The van der Waals surface area contributed by atoms with Crippen molar-refractivity contribution in [3.05, 3.63) is 12.2 Å². The minimum absolute atomic E-state index is 0.186. The summed E-state index contributed by atoms with van der Waals surface area (Å²) in [4.78, 5) is 13.2. The van der Waals surface area contributed by atoms with E-state index in [2.05, 4.69) is 15.1 Å². The fourth-order valence-corrected chi connectivity index (χ4v) is 2.58. The second kappa shape index (κ2) is 3.55. The molecule has 1 aromatic heterocycles. The molecule has 1 aliphatic heterocycles. The molecule has 1 saturated carbocycles. The van der Waals surface area contributed by atoms with Gasteiger partial charge < -0.3 is 9.67 Å². The average molecular weight is 222 g/mol. The number of hydrogen-bond acceptors (Lipinski definition) is 4. The van der Waals surface area contributed by atoms with Crippen molar-refractivity contribution in [1.29, 1.82) is 0 Å². The molecule has 1 N–H and O–H groups in total. The summed E-state index contributed by atoms with van der Waals surface area (Å²) in [6, 6.07) is 0.197.